The number of ether oxygens (including phenoxy) is 1. The Hall–Kier alpha value is -2.64. The van der Waals surface area contributed by atoms with E-state index in [1.807, 2.05) is 32.9 Å². The molecule has 0 saturated heterocycles. The van der Waals surface area contributed by atoms with Gasteiger partial charge in [0, 0.05) is 21.7 Å². The molecule has 0 fully saturated rings. The number of esters is 1. The largest absolute Gasteiger partial charge is 0.477 e. The van der Waals surface area contributed by atoms with Crippen LogP contribution in [-0.2, 0) is 11.3 Å². The van der Waals surface area contributed by atoms with Gasteiger partial charge < -0.3 is 14.4 Å². The summed E-state index contributed by atoms with van der Waals surface area (Å²) in [7, 11) is 0. The summed E-state index contributed by atoms with van der Waals surface area (Å²) in [4.78, 5) is 26.1. The lowest BCUT2D eigenvalue weighted by atomic mass is 10.1. The van der Waals surface area contributed by atoms with Crippen molar-refractivity contribution in [3.8, 4) is 0 Å². The molecule has 1 N–H and O–H groups in total. The number of fused-ring (bicyclic) bond motifs is 1. The minimum absolute atomic E-state index is 0.111. The van der Waals surface area contributed by atoms with Crippen LogP contribution in [0.3, 0.4) is 0 Å². The van der Waals surface area contributed by atoms with Gasteiger partial charge in [-0.15, -0.1) is 0 Å². The van der Waals surface area contributed by atoms with Gasteiger partial charge in [-0.3, -0.25) is 0 Å². The van der Waals surface area contributed by atoms with Gasteiger partial charge in [-0.05, 0) is 74.9 Å². The van der Waals surface area contributed by atoms with Gasteiger partial charge in [-0.1, -0.05) is 58.7 Å². The van der Waals surface area contributed by atoms with Gasteiger partial charge in [0.05, 0.1) is 26.1 Å². The lowest BCUT2D eigenvalue weighted by Crippen LogP contribution is -2.23. The molecule has 0 bridgehead atoms. The summed E-state index contributed by atoms with van der Waals surface area (Å²) in [5, 5.41) is 11.9. The van der Waals surface area contributed by atoms with Crippen LogP contribution in [0.5, 0.6) is 0 Å². The predicted octanol–water partition coefficient (Wildman–Crippen LogP) is 8.45. The summed E-state index contributed by atoms with van der Waals surface area (Å²) < 4.78 is 7.11. The SMILES string of the molecule is CC(C)(C)OC(=O)c1ccc(Cn2c(C(=O)O)cc3c(Cl)cc(Sc4ccc(Cl)c(Cl)c4)cc32)cc1. The van der Waals surface area contributed by atoms with Crippen molar-refractivity contribution >= 4 is 69.4 Å². The Bertz CT molecular complexity index is 1470. The van der Waals surface area contributed by atoms with E-state index >= 15 is 0 Å². The topological polar surface area (TPSA) is 68.5 Å². The molecule has 4 rings (SSSR count). The summed E-state index contributed by atoms with van der Waals surface area (Å²) in [6.07, 6.45) is 0. The smallest absolute Gasteiger partial charge is 0.352 e. The molecule has 1 aromatic heterocycles. The Morgan fingerprint density at radius 3 is 2.17 bits per heavy atom. The zero-order chi connectivity index (χ0) is 26.2. The third-order valence-corrected chi connectivity index (χ3v) is 7.23. The fraction of sp³-hybridized carbons (Fsp3) is 0.185. The first-order valence-corrected chi connectivity index (χ1v) is 12.9. The van der Waals surface area contributed by atoms with Crippen LogP contribution >= 0.6 is 46.6 Å². The zero-order valence-electron chi connectivity index (χ0n) is 19.6. The van der Waals surface area contributed by atoms with Gasteiger partial charge in [0.15, 0.2) is 0 Å². The van der Waals surface area contributed by atoms with Gasteiger partial charge in [-0.25, -0.2) is 9.59 Å². The van der Waals surface area contributed by atoms with Crippen LogP contribution in [0.2, 0.25) is 15.1 Å². The van der Waals surface area contributed by atoms with Crippen LogP contribution in [0.25, 0.3) is 10.9 Å². The minimum atomic E-state index is -1.06. The predicted molar refractivity (Wildman–Crippen MR) is 145 cm³/mol. The third kappa shape index (κ3) is 6.01. The monoisotopic (exact) mass is 561 g/mol. The van der Waals surface area contributed by atoms with Gasteiger partial charge in [0.25, 0.3) is 0 Å². The number of carboxylic acids is 1. The van der Waals surface area contributed by atoms with E-state index in [4.69, 9.17) is 39.5 Å². The van der Waals surface area contributed by atoms with Gasteiger partial charge >= 0.3 is 11.9 Å². The van der Waals surface area contributed by atoms with E-state index < -0.39 is 17.5 Å². The molecule has 4 aromatic rings. The maximum absolute atomic E-state index is 12.3. The van der Waals surface area contributed by atoms with Crippen molar-refractivity contribution in [2.24, 2.45) is 0 Å². The van der Waals surface area contributed by atoms with Crippen molar-refractivity contribution < 1.29 is 19.4 Å². The van der Waals surface area contributed by atoms with Crippen LogP contribution in [0.1, 0.15) is 47.2 Å². The second-order valence-electron chi connectivity index (χ2n) is 9.14. The number of halogens is 3. The molecule has 5 nitrogen and oxygen atoms in total. The summed E-state index contributed by atoms with van der Waals surface area (Å²) in [6, 6.07) is 17.5. The second-order valence-corrected chi connectivity index (χ2v) is 11.5. The molecule has 0 aliphatic carbocycles. The van der Waals surface area contributed by atoms with Gasteiger partial charge in [0.2, 0.25) is 0 Å². The Balaban J connectivity index is 1.69. The number of hydrogen-bond acceptors (Lipinski definition) is 4. The Labute approximate surface area is 227 Å². The standard InChI is InChI=1S/C27H22Cl3NO4S/c1-27(2,3)35-26(34)16-6-4-15(5-7-16)14-31-23-12-18(36-17-8-9-20(28)22(30)10-17)11-21(29)19(23)13-24(31)25(32)33/h4-13H,14H2,1-3H3,(H,32,33). The lowest BCUT2D eigenvalue weighted by Gasteiger charge is -2.19. The van der Waals surface area contributed by atoms with E-state index in [0.29, 0.717) is 31.5 Å². The second kappa shape index (κ2) is 10.4. The molecule has 0 unspecified atom stereocenters. The van der Waals surface area contributed by atoms with Crippen LogP contribution in [-0.4, -0.2) is 27.2 Å². The highest BCUT2D eigenvalue weighted by Crippen LogP contribution is 2.37. The Morgan fingerprint density at radius 1 is 0.889 bits per heavy atom. The van der Waals surface area contributed by atoms with Crippen LogP contribution < -0.4 is 0 Å². The van der Waals surface area contributed by atoms with Crippen molar-refractivity contribution in [2.45, 2.75) is 42.7 Å². The lowest BCUT2D eigenvalue weighted by molar-refractivity contribution is 0.00693. The number of hydrogen-bond donors (Lipinski definition) is 1. The summed E-state index contributed by atoms with van der Waals surface area (Å²) in [6.45, 7) is 5.70. The fourth-order valence-corrected chi connectivity index (χ4v) is 5.27. The number of aromatic nitrogens is 1. The first-order chi connectivity index (χ1) is 16.9. The summed E-state index contributed by atoms with van der Waals surface area (Å²) in [5.41, 5.74) is 1.44. The maximum Gasteiger partial charge on any atom is 0.352 e. The van der Waals surface area contributed by atoms with Crippen molar-refractivity contribution in [3.63, 3.8) is 0 Å². The normalized spacial score (nSPS) is 11.6. The quantitative estimate of drug-likeness (QED) is 0.239. The van der Waals surface area contributed by atoms with E-state index in [1.54, 1.807) is 53.1 Å². The van der Waals surface area contributed by atoms with Gasteiger partial charge in [-0.2, -0.15) is 0 Å². The molecule has 0 aliphatic heterocycles. The van der Waals surface area contributed by atoms with E-state index in [-0.39, 0.29) is 12.2 Å². The zero-order valence-corrected chi connectivity index (χ0v) is 22.7. The van der Waals surface area contributed by atoms with E-state index in [2.05, 4.69) is 0 Å². The highest BCUT2D eigenvalue weighted by atomic mass is 35.5. The molecule has 1 heterocycles. The molecular weight excluding hydrogens is 541 g/mol. The number of nitrogens with zero attached hydrogens (tertiary/aromatic N) is 1. The van der Waals surface area contributed by atoms with E-state index in [0.717, 1.165) is 15.4 Å². The van der Waals surface area contributed by atoms with Crippen LogP contribution in [0.4, 0.5) is 0 Å². The molecule has 9 heteroatoms. The van der Waals surface area contributed by atoms with Crippen molar-refractivity contribution in [3.05, 3.63) is 92.6 Å². The third-order valence-electron chi connectivity index (χ3n) is 5.22. The Kier molecular flexibility index (Phi) is 7.62. The number of carbonyl (C=O) groups is 2. The molecule has 0 aliphatic rings. The number of benzene rings is 3. The van der Waals surface area contributed by atoms with E-state index in [9.17, 15) is 14.7 Å². The van der Waals surface area contributed by atoms with Crippen molar-refractivity contribution in [2.75, 3.05) is 0 Å². The molecule has 3 aromatic carbocycles. The molecule has 0 spiro atoms. The Morgan fingerprint density at radius 2 is 1.56 bits per heavy atom. The average molecular weight is 563 g/mol. The molecular formula is C27H22Cl3NO4S. The molecule has 0 amide bonds. The highest BCUT2D eigenvalue weighted by Gasteiger charge is 2.20. The van der Waals surface area contributed by atoms with Crippen molar-refractivity contribution in [1.82, 2.24) is 4.57 Å². The molecule has 0 saturated carbocycles. The summed E-state index contributed by atoms with van der Waals surface area (Å²) >= 11 is 20.2. The van der Waals surface area contributed by atoms with Crippen LogP contribution in [0, 0.1) is 0 Å². The van der Waals surface area contributed by atoms with E-state index in [1.165, 1.54) is 11.8 Å². The molecule has 36 heavy (non-hydrogen) atoms. The number of carbonyl (C=O) groups excluding carboxylic acids is 1. The number of aromatic carboxylic acids is 1. The van der Waals surface area contributed by atoms with Crippen molar-refractivity contribution in [1.29, 1.82) is 0 Å². The number of rotatable bonds is 6. The highest BCUT2D eigenvalue weighted by molar-refractivity contribution is 7.99. The minimum Gasteiger partial charge on any atom is -0.477 e. The molecule has 186 valence electrons. The molecule has 0 radical (unpaired) electrons. The van der Waals surface area contributed by atoms with Gasteiger partial charge in [0.1, 0.15) is 11.3 Å². The fourth-order valence-electron chi connectivity index (χ4n) is 3.64. The van der Waals surface area contributed by atoms with Crippen LogP contribution in [0.15, 0.2) is 70.5 Å². The first kappa shape index (κ1) is 26.4. The molecule has 0 atom stereocenters. The average Bonchev–Trinajstić information content (AvgIpc) is 3.15. The number of carboxylic acid groups (broad SMARTS) is 1. The first-order valence-electron chi connectivity index (χ1n) is 10.9. The maximum atomic E-state index is 12.3. The summed E-state index contributed by atoms with van der Waals surface area (Å²) in [5.74, 6) is -1.48.